The van der Waals surface area contributed by atoms with Crippen LogP contribution in [-0.4, -0.2) is 22.7 Å². The average molecular weight is 231 g/mol. The zero-order valence-electron chi connectivity index (χ0n) is 8.59. The molecule has 0 unspecified atom stereocenters. The molecule has 0 atom stereocenters. The van der Waals surface area contributed by atoms with Gasteiger partial charge in [-0.3, -0.25) is 0 Å². The minimum atomic E-state index is -4.22. The van der Waals surface area contributed by atoms with Crippen molar-refractivity contribution < 1.29 is 13.2 Å². The highest BCUT2D eigenvalue weighted by Crippen LogP contribution is 2.35. The lowest BCUT2D eigenvalue weighted by atomic mass is 9.83. The number of alkyl halides is 3. The highest BCUT2D eigenvalue weighted by molar-refractivity contribution is 5.36. The van der Waals surface area contributed by atoms with Gasteiger partial charge in [0.2, 0.25) is 0 Å². The van der Waals surface area contributed by atoms with Gasteiger partial charge in [-0.15, -0.1) is 0 Å². The molecule has 88 valence electrons. The van der Waals surface area contributed by atoms with Gasteiger partial charge < -0.3 is 5.32 Å². The van der Waals surface area contributed by atoms with Gasteiger partial charge in [0.05, 0.1) is 0 Å². The number of rotatable bonds is 3. The van der Waals surface area contributed by atoms with Gasteiger partial charge in [-0.05, 0) is 12.8 Å². The molecule has 1 aliphatic rings. The number of hydrogen-bond acceptors (Lipinski definition) is 3. The van der Waals surface area contributed by atoms with Crippen LogP contribution in [0.1, 0.15) is 30.9 Å². The Morgan fingerprint density at radius 1 is 1.31 bits per heavy atom. The summed E-state index contributed by atoms with van der Waals surface area (Å²) < 4.78 is 35.9. The first-order valence-electron chi connectivity index (χ1n) is 5.17. The van der Waals surface area contributed by atoms with Crippen LogP contribution in [0.5, 0.6) is 0 Å². The van der Waals surface area contributed by atoms with E-state index in [0.29, 0.717) is 5.92 Å². The topological polar surface area (TPSA) is 37.8 Å². The van der Waals surface area contributed by atoms with E-state index < -0.39 is 12.7 Å². The molecular formula is C10H12F3N3. The molecule has 1 fully saturated rings. The minimum absolute atomic E-state index is 0.245. The molecule has 1 N–H and O–H groups in total. The molecule has 0 radical (unpaired) electrons. The van der Waals surface area contributed by atoms with Crippen LogP contribution in [0.25, 0.3) is 0 Å². The lowest BCUT2D eigenvalue weighted by Gasteiger charge is -2.24. The monoisotopic (exact) mass is 231 g/mol. The standard InChI is InChI=1S/C10H12F3N3/c11-10(12,13)5-14-9-4-8(15-6-16-9)7-2-1-3-7/h4,6-7H,1-3,5H2,(H,14,15,16). The zero-order chi connectivity index (χ0) is 11.6. The van der Waals surface area contributed by atoms with Gasteiger partial charge in [-0.2, -0.15) is 13.2 Å². The third-order valence-corrected chi connectivity index (χ3v) is 2.68. The van der Waals surface area contributed by atoms with Crippen molar-refractivity contribution in [1.82, 2.24) is 9.97 Å². The summed E-state index contributed by atoms with van der Waals surface area (Å²) in [6.45, 7) is -1.06. The third kappa shape index (κ3) is 2.84. The van der Waals surface area contributed by atoms with Crippen LogP contribution in [-0.2, 0) is 0 Å². The van der Waals surface area contributed by atoms with Crippen LogP contribution < -0.4 is 5.32 Å². The molecule has 0 aromatic carbocycles. The second kappa shape index (κ2) is 4.27. The summed E-state index contributed by atoms with van der Waals surface area (Å²) in [5, 5.41) is 2.25. The third-order valence-electron chi connectivity index (χ3n) is 2.68. The van der Waals surface area contributed by atoms with Gasteiger partial charge >= 0.3 is 6.18 Å². The Labute approximate surface area is 91.1 Å². The van der Waals surface area contributed by atoms with E-state index in [0.717, 1.165) is 18.5 Å². The van der Waals surface area contributed by atoms with E-state index in [4.69, 9.17) is 0 Å². The Morgan fingerprint density at radius 2 is 2.06 bits per heavy atom. The fourth-order valence-electron chi connectivity index (χ4n) is 1.59. The molecule has 1 aromatic heterocycles. The van der Waals surface area contributed by atoms with Crippen molar-refractivity contribution in [3.8, 4) is 0 Å². The van der Waals surface area contributed by atoms with E-state index in [9.17, 15) is 13.2 Å². The van der Waals surface area contributed by atoms with Crippen molar-refractivity contribution in [3.05, 3.63) is 18.1 Å². The summed E-state index contributed by atoms with van der Waals surface area (Å²) in [7, 11) is 0. The zero-order valence-corrected chi connectivity index (χ0v) is 8.59. The summed E-state index contributed by atoms with van der Waals surface area (Å²) in [4.78, 5) is 7.83. The summed E-state index contributed by atoms with van der Waals surface area (Å²) in [6, 6.07) is 1.61. The maximum Gasteiger partial charge on any atom is 0.405 e. The van der Waals surface area contributed by atoms with Crippen molar-refractivity contribution in [3.63, 3.8) is 0 Å². The molecule has 1 saturated carbocycles. The molecule has 16 heavy (non-hydrogen) atoms. The van der Waals surface area contributed by atoms with E-state index in [1.807, 2.05) is 0 Å². The van der Waals surface area contributed by atoms with Crippen molar-refractivity contribution in [2.24, 2.45) is 0 Å². The molecule has 0 amide bonds. The maximum atomic E-state index is 12.0. The molecule has 3 nitrogen and oxygen atoms in total. The van der Waals surface area contributed by atoms with Gasteiger partial charge in [0.1, 0.15) is 18.7 Å². The van der Waals surface area contributed by atoms with Crippen molar-refractivity contribution in [1.29, 1.82) is 0 Å². The SMILES string of the molecule is FC(F)(F)CNc1cc(C2CCC2)ncn1. The Bertz CT molecular complexity index is 361. The van der Waals surface area contributed by atoms with Gasteiger partial charge in [0, 0.05) is 17.7 Å². The van der Waals surface area contributed by atoms with Crippen LogP contribution in [0, 0.1) is 0 Å². The Morgan fingerprint density at radius 3 is 2.62 bits per heavy atom. The summed E-state index contributed by atoms with van der Waals surface area (Å²) in [5.41, 5.74) is 0.839. The molecule has 1 heterocycles. The van der Waals surface area contributed by atoms with Crippen LogP contribution >= 0.6 is 0 Å². The fourth-order valence-corrected chi connectivity index (χ4v) is 1.59. The molecular weight excluding hydrogens is 219 g/mol. The average Bonchev–Trinajstić information content (AvgIpc) is 2.12. The number of halogens is 3. The number of nitrogens with one attached hydrogen (secondary N) is 1. The predicted molar refractivity (Wildman–Crippen MR) is 53.2 cm³/mol. The van der Waals surface area contributed by atoms with Crippen LogP contribution in [0.4, 0.5) is 19.0 Å². The number of aromatic nitrogens is 2. The maximum absolute atomic E-state index is 12.0. The first-order chi connectivity index (χ1) is 7.54. The lowest BCUT2D eigenvalue weighted by Crippen LogP contribution is -2.22. The molecule has 0 aliphatic heterocycles. The molecule has 1 aliphatic carbocycles. The van der Waals surface area contributed by atoms with Crippen molar-refractivity contribution in [2.45, 2.75) is 31.4 Å². The predicted octanol–water partition coefficient (Wildman–Crippen LogP) is 2.72. The summed E-state index contributed by atoms with van der Waals surface area (Å²) in [6.07, 6.45) is 0.388. The molecule has 2 rings (SSSR count). The smallest absolute Gasteiger partial charge is 0.361 e. The Balaban J connectivity index is 1.98. The highest BCUT2D eigenvalue weighted by Gasteiger charge is 2.27. The highest BCUT2D eigenvalue weighted by atomic mass is 19.4. The first-order valence-corrected chi connectivity index (χ1v) is 5.17. The molecule has 0 saturated heterocycles. The number of anilines is 1. The molecule has 0 spiro atoms. The minimum Gasteiger partial charge on any atom is -0.361 e. The van der Waals surface area contributed by atoms with Gasteiger partial charge in [0.25, 0.3) is 0 Å². The molecule has 1 aromatic rings. The van der Waals surface area contributed by atoms with Crippen LogP contribution in [0.3, 0.4) is 0 Å². The van der Waals surface area contributed by atoms with Crippen molar-refractivity contribution in [2.75, 3.05) is 11.9 Å². The quantitative estimate of drug-likeness (QED) is 0.869. The number of hydrogen-bond donors (Lipinski definition) is 1. The molecule has 6 heteroatoms. The summed E-state index contributed by atoms with van der Waals surface area (Å²) >= 11 is 0. The largest absolute Gasteiger partial charge is 0.405 e. The van der Waals surface area contributed by atoms with E-state index in [1.54, 1.807) is 6.07 Å². The summed E-state index contributed by atoms with van der Waals surface area (Å²) in [5.74, 6) is 0.642. The lowest BCUT2D eigenvalue weighted by molar-refractivity contribution is -0.115. The van der Waals surface area contributed by atoms with E-state index in [1.165, 1.54) is 12.7 Å². The number of nitrogens with zero attached hydrogens (tertiary/aromatic N) is 2. The van der Waals surface area contributed by atoms with Crippen LogP contribution in [0.15, 0.2) is 12.4 Å². The van der Waals surface area contributed by atoms with E-state index in [-0.39, 0.29) is 5.82 Å². The van der Waals surface area contributed by atoms with Crippen LogP contribution in [0.2, 0.25) is 0 Å². The van der Waals surface area contributed by atoms with Crippen molar-refractivity contribution >= 4 is 5.82 Å². The second-order valence-corrected chi connectivity index (χ2v) is 3.92. The van der Waals surface area contributed by atoms with Gasteiger partial charge in [0.15, 0.2) is 0 Å². The van der Waals surface area contributed by atoms with Gasteiger partial charge in [-0.25, -0.2) is 9.97 Å². The Kier molecular flexibility index (Phi) is 2.98. The molecule has 0 bridgehead atoms. The van der Waals surface area contributed by atoms with E-state index in [2.05, 4.69) is 15.3 Å². The second-order valence-electron chi connectivity index (χ2n) is 3.92. The van der Waals surface area contributed by atoms with Gasteiger partial charge in [-0.1, -0.05) is 6.42 Å². The fraction of sp³-hybridized carbons (Fsp3) is 0.600. The Hall–Kier alpha value is -1.33. The van der Waals surface area contributed by atoms with E-state index >= 15 is 0 Å². The normalized spacial score (nSPS) is 16.9. The first kappa shape index (κ1) is 11.2.